The van der Waals surface area contributed by atoms with E-state index in [1.54, 1.807) is 0 Å². The Morgan fingerprint density at radius 3 is 2.25 bits per heavy atom. The van der Waals surface area contributed by atoms with Gasteiger partial charge in [-0.05, 0) is 54.9 Å². The second-order valence-electron chi connectivity index (χ2n) is 8.70. The zero-order chi connectivity index (χ0) is 19.0. The van der Waals surface area contributed by atoms with Gasteiger partial charge in [-0.15, -0.1) is 0 Å². The molecule has 0 amide bonds. The molecule has 3 atom stereocenters. The van der Waals surface area contributed by atoms with Crippen LogP contribution in [0.2, 0.25) is 0 Å². The number of benzene rings is 2. The van der Waals surface area contributed by atoms with Gasteiger partial charge in [-0.2, -0.15) is 0 Å². The fraction of sp³-hybridized carbons (Fsp3) is 0.423. The van der Waals surface area contributed by atoms with E-state index in [4.69, 9.17) is 0 Å². The van der Waals surface area contributed by atoms with Crippen LogP contribution in [0, 0.1) is 0 Å². The van der Waals surface area contributed by atoms with E-state index in [1.807, 2.05) is 18.2 Å². The van der Waals surface area contributed by atoms with Crippen molar-refractivity contribution in [3.8, 4) is 0 Å². The summed E-state index contributed by atoms with van der Waals surface area (Å²) in [5, 5.41) is 0. The molecule has 3 fully saturated rings. The Hall–Kier alpha value is -2.19. The number of hydrogen-bond donors (Lipinski definition) is 0. The van der Waals surface area contributed by atoms with Crippen molar-refractivity contribution >= 4 is 11.9 Å². The molecule has 1 heterocycles. The highest BCUT2D eigenvalue weighted by molar-refractivity contribution is 6.09. The van der Waals surface area contributed by atoms with Crippen molar-refractivity contribution in [1.82, 2.24) is 4.90 Å². The molecular formula is C26H29NO. The maximum Gasteiger partial charge on any atom is 0.181 e. The standard InChI is InChI=1S/C26H29NO/c28-25-22(19-20-11-4-1-5-12-20)15-10-18-26(25)24(21-13-6-2-7-14-21)27(26)23-16-8-3-9-17-23/h1-2,4-7,11-14,19,23-24H,3,8-10,15-18H2. The van der Waals surface area contributed by atoms with Gasteiger partial charge in [0, 0.05) is 6.04 Å². The van der Waals surface area contributed by atoms with Gasteiger partial charge in [0.05, 0.1) is 6.04 Å². The van der Waals surface area contributed by atoms with Gasteiger partial charge in [-0.25, -0.2) is 0 Å². The Morgan fingerprint density at radius 1 is 0.857 bits per heavy atom. The Labute approximate surface area is 168 Å². The van der Waals surface area contributed by atoms with Gasteiger partial charge in [0.15, 0.2) is 5.78 Å². The first-order valence-electron chi connectivity index (χ1n) is 10.9. The molecule has 1 spiro atoms. The summed E-state index contributed by atoms with van der Waals surface area (Å²) < 4.78 is 0. The lowest BCUT2D eigenvalue weighted by Gasteiger charge is -2.29. The molecule has 3 aliphatic rings. The predicted molar refractivity (Wildman–Crippen MR) is 114 cm³/mol. The smallest absolute Gasteiger partial charge is 0.181 e. The number of carbonyl (C=O) groups excluding carboxylic acids is 1. The monoisotopic (exact) mass is 371 g/mol. The minimum Gasteiger partial charge on any atom is -0.292 e. The van der Waals surface area contributed by atoms with Crippen molar-refractivity contribution in [1.29, 1.82) is 0 Å². The van der Waals surface area contributed by atoms with Crippen molar-refractivity contribution < 1.29 is 4.79 Å². The van der Waals surface area contributed by atoms with Gasteiger partial charge in [0.25, 0.3) is 0 Å². The van der Waals surface area contributed by atoms with Crippen LogP contribution in [0.3, 0.4) is 0 Å². The molecule has 1 aliphatic heterocycles. The van der Waals surface area contributed by atoms with E-state index in [9.17, 15) is 4.79 Å². The molecule has 28 heavy (non-hydrogen) atoms. The van der Waals surface area contributed by atoms with Crippen LogP contribution in [-0.4, -0.2) is 22.3 Å². The van der Waals surface area contributed by atoms with Crippen molar-refractivity contribution in [2.75, 3.05) is 0 Å². The Bertz CT molecular complexity index is 866. The van der Waals surface area contributed by atoms with Gasteiger partial charge in [0.2, 0.25) is 0 Å². The summed E-state index contributed by atoms with van der Waals surface area (Å²) in [4.78, 5) is 16.5. The average Bonchev–Trinajstić information content (AvgIpc) is 3.42. The summed E-state index contributed by atoms with van der Waals surface area (Å²) in [7, 11) is 0. The Morgan fingerprint density at radius 2 is 1.54 bits per heavy atom. The van der Waals surface area contributed by atoms with Crippen LogP contribution in [0.25, 0.3) is 6.08 Å². The number of nitrogens with zero attached hydrogens (tertiary/aromatic N) is 1. The largest absolute Gasteiger partial charge is 0.292 e. The first-order valence-corrected chi connectivity index (χ1v) is 10.9. The van der Waals surface area contributed by atoms with Gasteiger partial charge < -0.3 is 0 Å². The summed E-state index contributed by atoms with van der Waals surface area (Å²) in [6.45, 7) is 0. The number of Topliss-reactive ketones (excluding diaryl/α,β-unsaturated/α-hetero) is 1. The molecule has 0 N–H and O–H groups in total. The third kappa shape index (κ3) is 2.95. The lowest BCUT2D eigenvalue weighted by Crippen LogP contribution is -2.38. The van der Waals surface area contributed by atoms with E-state index in [2.05, 4.69) is 53.4 Å². The van der Waals surface area contributed by atoms with Crippen LogP contribution < -0.4 is 0 Å². The molecule has 2 aliphatic carbocycles. The highest BCUT2D eigenvalue weighted by Crippen LogP contribution is 2.62. The molecule has 0 bridgehead atoms. The summed E-state index contributed by atoms with van der Waals surface area (Å²) in [5.41, 5.74) is 3.20. The number of carbonyl (C=O) groups is 1. The molecule has 0 radical (unpaired) electrons. The van der Waals surface area contributed by atoms with Gasteiger partial charge >= 0.3 is 0 Å². The van der Waals surface area contributed by atoms with E-state index >= 15 is 0 Å². The second-order valence-corrected chi connectivity index (χ2v) is 8.70. The van der Waals surface area contributed by atoms with E-state index in [-0.39, 0.29) is 11.6 Å². The number of rotatable bonds is 3. The Kier molecular flexibility index (Phi) is 4.68. The zero-order valence-electron chi connectivity index (χ0n) is 16.5. The molecule has 144 valence electrons. The molecule has 2 heteroatoms. The maximum atomic E-state index is 13.8. The van der Waals surface area contributed by atoms with E-state index in [0.29, 0.717) is 11.8 Å². The van der Waals surface area contributed by atoms with Crippen LogP contribution in [-0.2, 0) is 4.79 Å². The summed E-state index contributed by atoms with van der Waals surface area (Å²) in [6.07, 6.45) is 11.6. The lowest BCUT2D eigenvalue weighted by atomic mass is 9.79. The van der Waals surface area contributed by atoms with Gasteiger partial charge in [-0.1, -0.05) is 79.9 Å². The van der Waals surface area contributed by atoms with Crippen molar-refractivity contribution in [3.05, 3.63) is 77.4 Å². The van der Waals surface area contributed by atoms with Crippen LogP contribution in [0.4, 0.5) is 0 Å². The zero-order valence-corrected chi connectivity index (χ0v) is 16.5. The summed E-state index contributed by atoms with van der Waals surface area (Å²) in [6, 6.07) is 21.9. The summed E-state index contributed by atoms with van der Waals surface area (Å²) in [5.74, 6) is 0.391. The molecular weight excluding hydrogens is 342 g/mol. The topological polar surface area (TPSA) is 20.1 Å². The van der Waals surface area contributed by atoms with Gasteiger partial charge in [0.1, 0.15) is 5.54 Å². The third-order valence-electron chi connectivity index (χ3n) is 7.04. The predicted octanol–water partition coefficient (Wildman–Crippen LogP) is 5.95. The second kappa shape index (κ2) is 7.33. The molecule has 3 unspecified atom stereocenters. The van der Waals surface area contributed by atoms with E-state index in [0.717, 1.165) is 30.4 Å². The fourth-order valence-electron chi connectivity index (χ4n) is 5.77. The first kappa shape index (κ1) is 17.9. The molecule has 1 saturated heterocycles. The normalized spacial score (nSPS) is 32.0. The highest BCUT2D eigenvalue weighted by Gasteiger charge is 2.70. The third-order valence-corrected chi connectivity index (χ3v) is 7.04. The highest BCUT2D eigenvalue weighted by atomic mass is 16.1. The molecule has 2 nitrogen and oxygen atoms in total. The van der Waals surface area contributed by atoms with E-state index in [1.165, 1.54) is 37.7 Å². The van der Waals surface area contributed by atoms with Gasteiger partial charge in [-0.3, -0.25) is 9.69 Å². The average molecular weight is 372 g/mol. The minimum atomic E-state index is -0.289. The van der Waals surface area contributed by atoms with Crippen LogP contribution in [0.5, 0.6) is 0 Å². The number of ketones is 1. The molecule has 2 aromatic carbocycles. The Balaban J connectivity index is 1.51. The maximum absolute atomic E-state index is 13.8. The van der Waals surface area contributed by atoms with Crippen molar-refractivity contribution in [2.24, 2.45) is 0 Å². The molecule has 2 aromatic rings. The quantitative estimate of drug-likeness (QED) is 0.491. The summed E-state index contributed by atoms with van der Waals surface area (Å²) >= 11 is 0. The number of hydrogen-bond acceptors (Lipinski definition) is 2. The van der Waals surface area contributed by atoms with Crippen LogP contribution in [0.1, 0.15) is 68.5 Å². The fourth-order valence-corrected chi connectivity index (χ4v) is 5.77. The van der Waals surface area contributed by atoms with Crippen molar-refractivity contribution in [2.45, 2.75) is 69.0 Å². The lowest BCUT2D eigenvalue weighted by molar-refractivity contribution is -0.120. The van der Waals surface area contributed by atoms with Crippen molar-refractivity contribution in [3.63, 3.8) is 0 Å². The first-order chi connectivity index (χ1) is 13.8. The van der Waals surface area contributed by atoms with Crippen LogP contribution >= 0.6 is 0 Å². The van der Waals surface area contributed by atoms with E-state index < -0.39 is 0 Å². The SMILES string of the molecule is O=C1C(=Cc2ccccc2)CCCC12C(c1ccccc1)N2C1CCCCC1. The molecule has 2 saturated carbocycles. The molecule has 0 aromatic heterocycles. The van der Waals surface area contributed by atoms with Crippen LogP contribution in [0.15, 0.2) is 66.2 Å². The minimum absolute atomic E-state index is 0.267. The molecule has 5 rings (SSSR count).